The number of phenolic OH excluding ortho intramolecular Hbond substituents is 1. The lowest BCUT2D eigenvalue weighted by Gasteiger charge is -2.09. The van der Waals surface area contributed by atoms with E-state index in [1.54, 1.807) is 12.1 Å². The molecule has 1 N–H and O–H groups in total. The third-order valence-corrected chi connectivity index (χ3v) is 2.67. The van der Waals surface area contributed by atoms with Gasteiger partial charge in [0, 0.05) is 12.0 Å². The molecule has 0 amide bonds. The molecule has 2 nitrogen and oxygen atoms in total. The van der Waals surface area contributed by atoms with Crippen molar-refractivity contribution in [3.05, 3.63) is 28.8 Å². The first kappa shape index (κ1) is 11.8. The molecule has 2 heteroatoms. The van der Waals surface area contributed by atoms with Crippen molar-refractivity contribution < 1.29 is 9.90 Å². The number of carbonyl (C=O) groups excluding carboxylic acids is 1. The number of phenols is 1. The van der Waals surface area contributed by atoms with Gasteiger partial charge in [0.25, 0.3) is 0 Å². The molecule has 1 aromatic rings. The number of aromatic hydroxyl groups is 1. The molecule has 82 valence electrons. The Morgan fingerprint density at radius 3 is 1.93 bits per heavy atom. The summed E-state index contributed by atoms with van der Waals surface area (Å²) in [6, 6.07) is 3.61. The number of hydrogen-bond acceptors (Lipinski definition) is 2. The largest absolute Gasteiger partial charge is 0.507 e. The smallest absolute Gasteiger partial charge is 0.162 e. The second kappa shape index (κ2) is 4.96. The van der Waals surface area contributed by atoms with E-state index in [0.717, 1.165) is 29.5 Å². The van der Waals surface area contributed by atoms with Crippen LogP contribution in [0, 0.1) is 0 Å². The van der Waals surface area contributed by atoms with Gasteiger partial charge >= 0.3 is 0 Å². The van der Waals surface area contributed by atoms with Gasteiger partial charge in [-0.25, -0.2) is 0 Å². The number of ketones is 1. The Kier molecular flexibility index (Phi) is 3.89. The fourth-order valence-electron chi connectivity index (χ4n) is 1.66. The predicted molar refractivity (Wildman–Crippen MR) is 61.5 cm³/mol. The Hall–Kier alpha value is -1.31. The van der Waals surface area contributed by atoms with Crippen LogP contribution in [0.3, 0.4) is 0 Å². The van der Waals surface area contributed by atoms with Crippen LogP contribution < -0.4 is 0 Å². The third kappa shape index (κ3) is 2.38. The summed E-state index contributed by atoms with van der Waals surface area (Å²) in [6.45, 7) is 5.82. The molecule has 0 atom stereocenters. The van der Waals surface area contributed by atoms with E-state index in [0.29, 0.717) is 12.2 Å². The van der Waals surface area contributed by atoms with Crippen molar-refractivity contribution in [2.75, 3.05) is 0 Å². The van der Waals surface area contributed by atoms with Gasteiger partial charge in [0.2, 0.25) is 0 Å². The number of benzene rings is 1. The van der Waals surface area contributed by atoms with Gasteiger partial charge < -0.3 is 5.11 Å². The second-order valence-corrected chi connectivity index (χ2v) is 3.63. The quantitative estimate of drug-likeness (QED) is 0.768. The van der Waals surface area contributed by atoms with Crippen LogP contribution in [0.2, 0.25) is 0 Å². The van der Waals surface area contributed by atoms with Gasteiger partial charge in [-0.1, -0.05) is 20.8 Å². The van der Waals surface area contributed by atoms with Gasteiger partial charge in [-0.05, 0) is 36.1 Å². The first-order chi connectivity index (χ1) is 7.13. The topological polar surface area (TPSA) is 37.3 Å². The summed E-state index contributed by atoms with van der Waals surface area (Å²) in [5.41, 5.74) is 2.46. The molecule has 0 fully saturated rings. The van der Waals surface area contributed by atoms with Gasteiger partial charge in [-0.2, -0.15) is 0 Å². The van der Waals surface area contributed by atoms with Crippen LogP contribution in [-0.2, 0) is 12.8 Å². The molecule has 15 heavy (non-hydrogen) atoms. The second-order valence-electron chi connectivity index (χ2n) is 3.63. The number of Topliss-reactive ketones (excluding diaryl/α,β-unsaturated/α-hetero) is 1. The first-order valence-electron chi connectivity index (χ1n) is 5.51. The lowest BCUT2D eigenvalue weighted by molar-refractivity contribution is 0.0988. The van der Waals surface area contributed by atoms with Crippen molar-refractivity contribution in [2.24, 2.45) is 0 Å². The Balaban J connectivity index is 3.26. The highest BCUT2D eigenvalue weighted by molar-refractivity contribution is 5.96. The summed E-state index contributed by atoms with van der Waals surface area (Å²) < 4.78 is 0. The van der Waals surface area contributed by atoms with Crippen LogP contribution in [0.4, 0.5) is 0 Å². The summed E-state index contributed by atoms with van der Waals surface area (Å²) in [6.07, 6.45) is 2.02. The Labute approximate surface area is 90.9 Å². The zero-order chi connectivity index (χ0) is 11.4. The van der Waals surface area contributed by atoms with Crippen molar-refractivity contribution in [3.8, 4) is 5.75 Å². The molecule has 0 aliphatic rings. The maximum atomic E-state index is 11.6. The molecule has 0 saturated carbocycles. The van der Waals surface area contributed by atoms with Crippen LogP contribution >= 0.6 is 0 Å². The minimum Gasteiger partial charge on any atom is -0.507 e. The fraction of sp³-hybridized carbons (Fsp3) is 0.462. The molecular weight excluding hydrogens is 188 g/mol. The summed E-state index contributed by atoms with van der Waals surface area (Å²) >= 11 is 0. The van der Waals surface area contributed by atoms with Crippen LogP contribution in [0.25, 0.3) is 0 Å². The third-order valence-electron chi connectivity index (χ3n) is 2.67. The zero-order valence-corrected chi connectivity index (χ0v) is 9.63. The minimum absolute atomic E-state index is 0.138. The molecule has 0 heterocycles. The van der Waals surface area contributed by atoms with E-state index in [1.807, 2.05) is 20.8 Å². The average molecular weight is 206 g/mol. The first-order valence-corrected chi connectivity index (χ1v) is 5.51. The van der Waals surface area contributed by atoms with Crippen LogP contribution in [-0.4, -0.2) is 10.9 Å². The monoisotopic (exact) mass is 206 g/mol. The van der Waals surface area contributed by atoms with Crippen molar-refractivity contribution in [2.45, 2.75) is 40.0 Å². The van der Waals surface area contributed by atoms with Gasteiger partial charge in [0.1, 0.15) is 5.75 Å². The lowest BCUT2D eigenvalue weighted by Crippen LogP contribution is -2.00. The van der Waals surface area contributed by atoms with E-state index in [-0.39, 0.29) is 5.78 Å². The summed E-state index contributed by atoms with van der Waals surface area (Å²) in [7, 11) is 0. The van der Waals surface area contributed by atoms with Gasteiger partial charge in [-0.15, -0.1) is 0 Å². The van der Waals surface area contributed by atoms with Crippen molar-refractivity contribution in [1.29, 1.82) is 0 Å². The molecule has 0 spiro atoms. The van der Waals surface area contributed by atoms with Crippen molar-refractivity contribution in [3.63, 3.8) is 0 Å². The van der Waals surface area contributed by atoms with Crippen LogP contribution in [0.15, 0.2) is 12.1 Å². The Morgan fingerprint density at radius 1 is 1.13 bits per heavy atom. The van der Waals surface area contributed by atoms with E-state index in [4.69, 9.17) is 0 Å². The average Bonchev–Trinajstić information content (AvgIpc) is 2.28. The molecule has 1 aromatic carbocycles. The Morgan fingerprint density at radius 2 is 1.60 bits per heavy atom. The predicted octanol–water partition coefficient (Wildman–Crippen LogP) is 3.11. The van der Waals surface area contributed by atoms with E-state index in [9.17, 15) is 9.90 Å². The van der Waals surface area contributed by atoms with Crippen LogP contribution in [0.5, 0.6) is 5.75 Å². The van der Waals surface area contributed by atoms with E-state index in [2.05, 4.69) is 0 Å². The number of carbonyl (C=O) groups is 1. The summed E-state index contributed by atoms with van der Waals surface area (Å²) in [5, 5.41) is 9.86. The lowest BCUT2D eigenvalue weighted by atomic mass is 9.98. The maximum Gasteiger partial charge on any atom is 0.162 e. The van der Waals surface area contributed by atoms with Crippen molar-refractivity contribution in [1.82, 2.24) is 0 Å². The zero-order valence-electron chi connectivity index (χ0n) is 9.63. The summed E-state index contributed by atoms with van der Waals surface area (Å²) in [4.78, 5) is 11.6. The molecule has 0 unspecified atom stereocenters. The molecule has 0 aromatic heterocycles. The molecule has 0 radical (unpaired) electrons. The van der Waals surface area contributed by atoms with Gasteiger partial charge in [0.05, 0.1) is 0 Å². The molecular formula is C13H18O2. The minimum atomic E-state index is 0.138. The van der Waals surface area contributed by atoms with E-state index >= 15 is 0 Å². The highest BCUT2D eigenvalue weighted by Gasteiger charge is 2.11. The normalized spacial score (nSPS) is 10.3. The maximum absolute atomic E-state index is 11.6. The Bertz CT molecular complexity index is 342. The number of rotatable bonds is 4. The molecule has 1 rings (SSSR count). The number of aryl methyl sites for hydroxylation is 2. The SMILES string of the molecule is CCC(=O)c1cc(CC)c(O)c(CC)c1. The standard InChI is InChI=1S/C13H18O2/c1-4-9-7-11(12(14)6-3)8-10(5-2)13(9)15/h7-8,15H,4-6H2,1-3H3. The van der Waals surface area contributed by atoms with Gasteiger partial charge in [0.15, 0.2) is 5.78 Å². The van der Waals surface area contributed by atoms with E-state index < -0.39 is 0 Å². The highest BCUT2D eigenvalue weighted by atomic mass is 16.3. The summed E-state index contributed by atoms with van der Waals surface area (Å²) in [5.74, 6) is 0.493. The molecule has 0 saturated heterocycles. The highest BCUT2D eigenvalue weighted by Crippen LogP contribution is 2.26. The van der Waals surface area contributed by atoms with E-state index in [1.165, 1.54) is 0 Å². The molecule has 0 bridgehead atoms. The molecule has 0 aliphatic carbocycles. The van der Waals surface area contributed by atoms with Crippen molar-refractivity contribution >= 4 is 5.78 Å². The van der Waals surface area contributed by atoms with Crippen LogP contribution in [0.1, 0.15) is 48.7 Å². The fourth-order valence-corrected chi connectivity index (χ4v) is 1.66. The number of hydrogen-bond donors (Lipinski definition) is 1. The van der Waals surface area contributed by atoms with Gasteiger partial charge in [-0.3, -0.25) is 4.79 Å². The molecule has 0 aliphatic heterocycles.